The molecule has 1 unspecified atom stereocenters. The molecule has 0 aromatic carbocycles. The summed E-state index contributed by atoms with van der Waals surface area (Å²) in [6, 6.07) is 2.59. The number of amides is 2. The molecule has 0 bridgehead atoms. The van der Waals surface area contributed by atoms with Crippen molar-refractivity contribution >= 4 is 17.6 Å². The van der Waals surface area contributed by atoms with Gasteiger partial charge in [-0.15, -0.1) is 0 Å². The lowest BCUT2D eigenvalue weighted by molar-refractivity contribution is -0.133. The van der Waals surface area contributed by atoms with E-state index in [2.05, 4.69) is 20.2 Å². The fourth-order valence-electron chi connectivity index (χ4n) is 2.62. The van der Waals surface area contributed by atoms with E-state index in [1.165, 1.54) is 6.26 Å². The second kappa shape index (κ2) is 7.12. The van der Waals surface area contributed by atoms with Gasteiger partial charge in [0, 0.05) is 38.6 Å². The highest BCUT2D eigenvalue weighted by molar-refractivity contribution is 5.95. The average Bonchev–Trinajstić information content (AvgIpc) is 3.17. The van der Waals surface area contributed by atoms with Crippen LogP contribution in [-0.4, -0.2) is 58.9 Å². The van der Waals surface area contributed by atoms with Gasteiger partial charge in [0.15, 0.2) is 5.76 Å². The van der Waals surface area contributed by atoms with Crippen LogP contribution in [0.3, 0.4) is 0 Å². The molecule has 0 aliphatic carbocycles. The molecule has 8 nitrogen and oxygen atoms in total. The van der Waals surface area contributed by atoms with Crippen LogP contribution in [0.4, 0.5) is 5.82 Å². The van der Waals surface area contributed by atoms with Gasteiger partial charge in [-0.1, -0.05) is 0 Å². The molecule has 1 atom stereocenters. The molecule has 3 heterocycles. The van der Waals surface area contributed by atoms with Crippen LogP contribution in [0.2, 0.25) is 0 Å². The summed E-state index contributed by atoms with van der Waals surface area (Å²) in [4.78, 5) is 36.6. The minimum atomic E-state index is -0.606. The SMILES string of the molecule is CC(NC(=O)c1ccco1)C(=O)N1CCN(c2cnccn2)CC1. The van der Waals surface area contributed by atoms with Crippen LogP contribution < -0.4 is 10.2 Å². The Balaban J connectivity index is 1.52. The molecule has 3 rings (SSSR count). The fraction of sp³-hybridized carbons (Fsp3) is 0.375. The molecular formula is C16H19N5O3. The maximum absolute atomic E-state index is 12.5. The summed E-state index contributed by atoms with van der Waals surface area (Å²) in [5, 5.41) is 2.66. The number of carbonyl (C=O) groups is 2. The molecule has 126 valence electrons. The quantitative estimate of drug-likeness (QED) is 0.880. The number of hydrogen-bond acceptors (Lipinski definition) is 6. The lowest BCUT2D eigenvalue weighted by Gasteiger charge is -2.36. The predicted molar refractivity (Wildman–Crippen MR) is 86.5 cm³/mol. The number of aromatic nitrogens is 2. The van der Waals surface area contributed by atoms with E-state index >= 15 is 0 Å². The third-order valence-electron chi connectivity index (χ3n) is 3.93. The molecule has 1 saturated heterocycles. The van der Waals surface area contributed by atoms with Crippen molar-refractivity contribution in [3.8, 4) is 0 Å². The lowest BCUT2D eigenvalue weighted by Crippen LogP contribution is -2.54. The standard InChI is InChI=1S/C16H19N5O3/c1-12(19-15(22)13-3-2-10-24-13)16(23)21-8-6-20(7-9-21)14-11-17-4-5-18-14/h2-5,10-12H,6-9H2,1H3,(H,19,22). The lowest BCUT2D eigenvalue weighted by atomic mass is 10.2. The largest absolute Gasteiger partial charge is 0.459 e. The number of nitrogens with zero attached hydrogens (tertiary/aromatic N) is 4. The van der Waals surface area contributed by atoms with E-state index < -0.39 is 6.04 Å². The van der Waals surface area contributed by atoms with Gasteiger partial charge in [0.2, 0.25) is 5.91 Å². The average molecular weight is 329 g/mol. The zero-order valence-electron chi connectivity index (χ0n) is 13.4. The predicted octanol–water partition coefficient (Wildman–Crippen LogP) is 0.537. The molecule has 1 aliphatic heterocycles. The van der Waals surface area contributed by atoms with E-state index in [0.717, 1.165) is 5.82 Å². The highest BCUT2D eigenvalue weighted by Gasteiger charge is 2.27. The fourth-order valence-corrected chi connectivity index (χ4v) is 2.62. The number of piperazine rings is 1. The van der Waals surface area contributed by atoms with Crippen LogP contribution in [0, 0.1) is 0 Å². The number of carbonyl (C=O) groups excluding carboxylic acids is 2. The van der Waals surface area contributed by atoms with Crippen molar-refractivity contribution in [3.05, 3.63) is 42.7 Å². The molecule has 2 aromatic rings. The van der Waals surface area contributed by atoms with E-state index in [4.69, 9.17) is 4.42 Å². The number of anilines is 1. The number of nitrogens with one attached hydrogen (secondary N) is 1. The highest BCUT2D eigenvalue weighted by atomic mass is 16.3. The van der Waals surface area contributed by atoms with Crippen LogP contribution in [0.5, 0.6) is 0 Å². The molecular weight excluding hydrogens is 310 g/mol. The Morgan fingerprint density at radius 3 is 2.67 bits per heavy atom. The van der Waals surface area contributed by atoms with Crippen LogP contribution in [0.25, 0.3) is 0 Å². The molecule has 8 heteroatoms. The first-order valence-corrected chi connectivity index (χ1v) is 7.79. The molecule has 2 amide bonds. The van der Waals surface area contributed by atoms with Crippen molar-refractivity contribution in [2.75, 3.05) is 31.1 Å². The smallest absolute Gasteiger partial charge is 0.287 e. The summed E-state index contributed by atoms with van der Waals surface area (Å²) in [6.07, 6.45) is 6.42. The Hall–Kier alpha value is -2.90. The summed E-state index contributed by atoms with van der Waals surface area (Å²) in [7, 11) is 0. The van der Waals surface area contributed by atoms with Crippen molar-refractivity contribution in [3.63, 3.8) is 0 Å². The Morgan fingerprint density at radius 1 is 1.25 bits per heavy atom. The second-order valence-electron chi connectivity index (χ2n) is 5.55. The van der Waals surface area contributed by atoms with Crippen molar-refractivity contribution in [2.45, 2.75) is 13.0 Å². The minimum Gasteiger partial charge on any atom is -0.459 e. The Morgan fingerprint density at radius 2 is 2.04 bits per heavy atom. The van der Waals surface area contributed by atoms with Gasteiger partial charge in [-0.25, -0.2) is 4.98 Å². The van der Waals surface area contributed by atoms with Gasteiger partial charge >= 0.3 is 0 Å². The van der Waals surface area contributed by atoms with Gasteiger partial charge in [0.1, 0.15) is 11.9 Å². The molecule has 0 spiro atoms. The summed E-state index contributed by atoms with van der Waals surface area (Å²) in [5.74, 6) is 0.513. The van der Waals surface area contributed by atoms with Crippen molar-refractivity contribution < 1.29 is 14.0 Å². The number of furan rings is 1. The third kappa shape index (κ3) is 3.53. The van der Waals surface area contributed by atoms with Crippen molar-refractivity contribution in [1.82, 2.24) is 20.2 Å². The third-order valence-corrected chi connectivity index (χ3v) is 3.93. The highest BCUT2D eigenvalue weighted by Crippen LogP contribution is 2.12. The Labute approximate surface area is 139 Å². The molecule has 2 aromatic heterocycles. The zero-order valence-corrected chi connectivity index (χ0v) is 13.4. The molecule has 1 aliphatic rings. The van der Waals surface area contributed by atoms with Crippen LogP contribution in [0.1, 0.15) is 17.5 Å². The number of hydrogen-bond donors (Lipinski definition) is 1. The van der Waals surface area contributed by atoms with E-state index in [1.807, 2.05) is 0 Å². The van der Waals surface area contributed by atoms with Crippen LogP contribution >= 0.6 is 0 Å². The molecule has 0 saturated carbocycles. The van der Waals surface area contributed by atoms with Gasteiger partial charge in [0.05, 0.1) is 12.5 Å². The summed E-state index contributed by atoms with van der Waals surface area (Å²) < 4.78 is 5.03. The first-order valence-electron chi connectivity index (χ1n) is 7.79. The summed E-state index contributed by atoms with van der Waals surface area (Å²) >= 11 is 0. The van der Waals surface area contributed by atoms with E-state index in [9.17, 15) is 9.59 Å². The topological polar surface area (TPSA) is 91.6 Å². The maximum atomic E-state index is 12.5. The first-order chi connectivity index (χ1) is 11.6. The van der Waals surface area contributed by atoms with Gasteiger partial charge in [0.25, 0.3) is 5.91 Å². The normalized spacial score (nSPS) is 15.9. The van der Waals surface area contributed by atoms with Gasteiger partial charge < -0.3 is 19.5 Å². The summed E-state index contributed by atoms with van der Waals surface area (Å²) in [6.45, 7) is 4.21. The summed E-state index contributed by atoms with van der Waals surface area (Å²) in [5.41, 5.74) is 0. The second-order valence-corrected chi connectivity index (χ2v) is 5.55. The molecule has 0 radical (unpaired) electrons. The maximum Gasteiger partial charge on any atom is 0.287 e. The van der Waals surface area contributed by atoms with E-state index in [1.54, 1.807) is 42.5 Å². The van der Waals surface area contributed by atoms with Gasteiger partial charge in [-0.3, -0.25) is 14.6 Å². The molecule has 1 N–H and O–H groups in total. The first kappa shape index (κ1) is 16.0. The number of rotatable bonds is 4. The van der Waals surface area contributed by atoms with Crippen molar-refractivity contribution in [1.29, 1.82) is 0 Å². The van der Waals surface area contributed by atoms with E-state index in [-0.39, 0.29) is 17.6 Å². The Kier molecular flexibility index (Phi) is 4.74. The zero-order chi connectivity index (χ0) is 16.9. The van der Waals surface area contributed by atoms with E-state index in [0.29, 0.717) is 26.2 Å². The van der Waals surface area contributed by atoms with Gasteiger partial charge in [-0.2, -0.15) is 0 Å². The van der Waals surface area contributed by atoms with Crippen molar-refractivity contribution in [2.24, 2.45) is 0 Å². The Bertz CT molecular complexity index is 681. The van der Waals surface area contributed by atoms with Gasteiger partial charge in [-0.05, 0) is 19.1 Å². The molecule has 24 heavy (non-hydrogen) atoms. The molecule has 1 fully saturated rings. The van der Waals surface area contributed by atoms with Crippen LogP contribution in [-0.2, 0) is 4.79 Å². The monoisotopic (exact) mass is 329 g/mol. The van der Waals surface area contributed by atoms with Crippen LogP contribution in [0.15, 0.2) is 41.4 Å². The minimum absolute atomic E-state index is 0.103.